The van der Waals surface area contributed by atoms with Gasteiger partial charge in [-0.25, -0.2) is 0 Å². The van der Waals surface area contributed by atoms with Gasteiger partial charge in [0.05, 0.1) is 6.04 Å². The van der Waals surface area contributed by atoms with Crippen molar-refractivity contribution in [2.24, 2.45) is 0 Å². The first kappa shape index (κ1) is 15.3. The van der Waals surface area contributed by atoms with E-state index < -0.39 is 6.04 Å². The van der Waals surface area contributed by atoms with Crippen molar-refractivity contribution >= 4 is 23.6 Å². The second-order valence-electron chi connectivity index (χ2n) is 6.14. The van der Waals surface area contributed by atoms with Crippen LogP contribution in [-0.2, 0) is 4.79 Å². The van der Waals surface area contributed by atoms with Crippen LogP contribution in [-0.4, -0.2) is 28.5 Å². The lowest BCUT2D eigenvalue weighted by molar-refractivity contribution is -0.125. The number of nitrogens with one attached hydrogen (secondary N) is 1. The SMILES string of the molecule is C[C@H](NC(=O)[C@@H]1CS[C@@H]2c3ccccc3C(=O)N21)c1ccccc1. The molecule has 4 rings (SSSR count). The summed E-state index contributed by atoms with van der Waals surface area (Å²) in [5.74, 6) is 0.522. The van der Waals surface area contributed by atoms with Crippen LogP contribution in [0.25, 0.3) is 0 Å². The summed E-state index contributed by atoms with van der Waals surface area (Å²) in [6.07, 6.45) is 0. The quantitative estimate of drug-likeness (QED) is 0.935. The molecule has 2 aliphatic heterocycles. The summed E-state index contributed by atoms with van der Waals surface area (Å²) in [6.45, 7) is 1.97. The molecule has 3 atom stereocenters. The first-order valence-corrected chi connectivity index (χ1v) is 9.10. The predicted octanol–water partition coefficient (Wildman–Crippen LogP) is 3.13. The minimum absolute atomic E-state index is 0.0310. The van der Waals surface area contributed by atoms with Gasteiger partial charge < -0.3 is 10.2 Å². The van der Waals surface area contributed by atoms with Gasteiger partial charge in [0.2, 0.25) is 5.91 Å². The van der Waals surface area contributed by atoms with Gasteiger partial charge in [-0.3, -0.25) is 9.59 Å². The second kappa shape index (κ2) is 5.98. The molecule has 2 aromatic carbocycles. The topological polar surface area (TPSA) is 49.4 Å². The number of carbonyl (C=O) groups excluding carboxylic acids is 2. The highest BCUT2D eigenvalue weighted by atomic mass is 32.2. The van der Waals surface area contributed by atoms with Crippen LogP contribution in [0.2, 0.25) is 0 Å². The largest absolute Gasteiger partial charge is 0.348 e. The molecule has 0 unspecified atom stereocenters. The zero-order valence-corrected chi connectivity index (χ0v) is 14.1. The van der Waals surface area contributed by atoms with E-state index in [0.717, 1.165) is 16.7 Å². The molecule has 1 N–H and O–H groups in total. The van der Waals surface area contributed by atoms with E-state index in [2.05, 4.69) is 5.32 Å². The number of hydrogen-bond acceptors (Lipinski definition) is 3. The first-order chi connectivity index (χ1) is 11.7. The second-order valence-corrected chi connectivity index (χ2v) is 7.26. The van der Waals surface area contributed by atoms with Gasteiger partial charge in [-0.05, 0) is 24.1 Å². The molecule has 0 spiro atoms. The molecule has 2 amide bonds. The van der Waals surface area contributed by atoms with Crippen molar-refractivity contribution in [1.29, 1.82) is 0 Å². The Balaban J connectivity index is 1.52. The average Bonchev–Trinajstić information content (AvgIpc) is 3.17. The van der Waals surface area contributed by atoms with Crippen molar-refractivity contribution in [2.45, 2.75) is 24.4 Å². The molecule has 5 heteroatoms. The van der Waals surface area contributed by atoms with Crippen LogP contribution in [0.5, 0.6) is 0 Å². The van der Waals surface area contributed by atoms with E-state index >= 15 is 0 Å². The monoisotopic (exact) mass is 338 g/mol. The molecular weight excluding hydrogens is 320 g/mol. The van der Waals surface area contributed by atoms with Crippen LogP contribution in [0.4, 0.5) is 0 Å². The molecule has 1 fully saturated rings. The lowest BCUT2D eigenvalue weighted by Crippen LogP contribution is -2.46. The van der Waals surface area contributed by atoms with E-state index in [1.807, 2.05) is 61.5 Å². The molecule has 122 valence electrons. The van der Waals surface area contributed by atoms with Crippen LogP contribution in [0.1, 0.15) is 39.8 Å². The normalized spacial score (nSPS) is 22.9. The van der Waals surface area contributed by atoms with Gasteiger partial charge in [0, 0.05) is 11.3 Å². The Hall–Kier alpha value is -2.27. The summed E-state index contributed by atoms with van der Waals surface area (Å²) in [4.78, 5) is 27.2. The molecule has 0 bridgehead atoms. The summed E-state index contributed by atoms with van der Waals surface area (Å²) in [5.41, 5.74) is 2.81. The smallest absolute Gasteiger partial charge is 0.256 e. The fraction of sp³-hybridized carbons (Fsp3) is 0.263. The van der Waals surface area contributed by atoms with E-state index in [9.17, 15) is 9.59 Å². The van der Waals surface area contributed by atoms with Gasteiger partial charge in [0.1, 0.15) is 11.4 Å². The van der Waals surface area contributed by atoms with E-state index in [-0.39, 0.29) is 23.2 Å². The first-order valence-electron chi connectivity index (χ1n) is 8.05. The number of nitrogens with zero attached hydrogens (tertiary/aromatic N) is 1. The summed E-state index contributed by atoms with van der Waals surface area (Å²) >= 11 is 1.66. The highest BCUT2D eigenvalue weighted by Crippen LogP contribution is 2.48. The van der Waals surface area contributed by atoms with Crippen LogP contribution in [0.3, 0.4) is 0 Å². The zero-order valence-electron chi connectivity index (χ0n) is 13.3. The number of carbonyl (C=O) groups is 2. The van der Waals surface area contributed by atoms with Gasteiger partial charge in [-0.1, -0.05) is 48.5 Å². The van der Waals surface area contributed by atoms with Crippen molar-refractivity contribution in [2.75, 3.05) is 5.75 Å². The molecule has 0 aliphatic carbocycles. The maximum Gasteiger partial charge on any atom is 0.256 e. The summed E-state index contributed by atoms with van der Waals surface area (Å²) < 4.78 is 0. The third-order valence-corrected chi connectivity index (χ3v) is 5.96. The van der Waals surface area contributed by atoms with E-state index in [4.69, 9.17) is 0 Å². The van der Waals surface area contributed by atoms with Crippen LogP contribution >= 0.6 is 11.8 Å². The van der Waals surface area contributed by atoms with Gasteiger partial charge >= 0.3 is 0 Å². The Kier molecular flexibility index (Phi) is 3.81. The lowest BCUT2D eigenvalue weighted by Gasteiger charge is -2.24. The molecule has 4 nitrogen and oxygen atoms in total. The lowest BCUT2D eigenvalue weighted by atomic mass is 10.1. The third-order valence-electron chi connectivity index (χ3n) is 4.65. The molecule has 2 heterocycles. The fourth-order valence-electron chi connectivity index (χ4n) is 3.38. The van der Waals surface area contributed by atoms with Crippen LogP contribution in [0.15, 0.2) is 54.6 Å². The number of thioether (sulfide) groups is 1. The predicted molar refractivity (Wildman–Crippen MR) is 94.6 cm³/mol. The minimum Gasteiger partial charge on any atom is -0.348 e. The van der Waals surface area contributed by atoms with E-state index in [1.165, 1.54) is 0 Å². The molecular formula is C19H18N2O2S. The third kappa shape index (κ3) is 2.40. The van der Waals surface area contributed by atoms with Gasteiger partial charge in [0.25, 0.3) is 5.91 Å². The van der Waals surface area contributed by atoms with Gasteiger partial charge in [-0.2, -0.15) is 0 Å². The molecule has 24 heavy (non-hydrogen) atoms. The minimum atomic E-state index is -0.411. The van der Waals surface area contributed by atoms with Gasteiger partial charge in [0.15, 0.2) is 0 Å². The van der Waals surface area contributed by atoms with Crippen molar-refractivity contribution in [3.8, 4) is 0 Å². The highest BCUT2D eigenvalue weighted by Gasteiger charge is 2.48. The molecule has 0 aromatic heterocycles. The molecule has 0 saturated carbocycles. The Labute approximate surface area is 145 Å². The molecule has 2 aromatic rings. The Morgan fingerprint density at radius 2 is 1.88 bits per heavy atom. The summed E-state index contributed by atoms with van der Waals surface area (Å²) in [6, 6.07) is 17.0. The zero-order chi connectivity index (χ0) is 16.7. The number of hydrogen-bond donors (Lipinski definition) is 1. The maximum absolute atomic E-state index is 12.7. The van der Waals surface area contributed by atoms with E-state index in [1.54, 1.807) is 16.7 Å². The van der Waals surface area contributed by atoms with Crippen molar-refractivity contribution in [3.63, 3.8) is 0 Å². The highest BCUT2D eigenvalue weighted by molar-refractivity contribution is 7.99. The molecule has 0 radical (unpaired) electrons. The number of rotatable bonds is 3. The Morgan fingerprint density at radius 1 is 1.17 bits per heavy atom. The van der Waals surface area contributed by atoms with Crippen LogP contribution < -0.4 is 5.32 Å². The number of benzene rings is 2. The standard InChI is InChI=1S/C19H18N2O2S/c1-12(13-7-3-2-4-8-13)20-17(22)16-11-24-19-15-10-6-5-9-14(15)18(23)21(16)19/h2-10,12,16,19H,11H2,1H3,(H,20,22)/t12-,16-,19+/m0/s1. The van der Waals surface area contributed by atoms with Crippen molar-refractivity contribution < 1.29 is 9.59 Å². The summed E-state index contributed by atoms with van der Waals surface area (Å²) in [7, 11) is 0. The fourth-order valence-corrected chi connectivity index (χ4v) is 4.84. The summed E-state index contributed by atoms with van der Waals surface area (Å²) in [5, 5.41) is 3.02. The average molecular weight is 338 g/mol. The number of fused-ring (bicyclic) bond motifs is 3. The Bertz CT molecular complexity index is 793. The van der Waals surface area contributed by atoms with Crippen molar-refractivity contribution in [1.82, 2.24) is 10.2 Å². The molecule has 1 saturated heterocycles. The van der Waals surface area contributed by atoms with Crippen LogP contribution in [0, 0.1) is 0 Å². The number of amides is 2. The van der Waals surface area contributed by atoms with Crippen molar-refractivity contribution in [3.05, 3.63) is 71.3 Å². The Morgan fingerprint density at radius 3 is 2.67 bits per heavy atom. The van der Waals surface area contributed by atoms with Gasteiger partial charge in [-0.15, -0.1) is 11.8 Å². The molecule has 2 aliphatic rings. The maximum atomic E-state index is 12.7. The van der Waals surface area contributed by atoms with E-state index in [0.29, 0.717) is 5.75 Å².